The van der Waals surface area contributed by atoms with Crippen molar-refractivity contribution in [2.24, 2.45) is 0 Å². The number of halogens is 7. The van der Waals surface area contributed by atoms with Gasteiger partial charge in [0.2, 0.25) is 0 Å². The molecule has 1 saturated carbocycles. The second-order valence-electron chi connectivity index (χ2n) is 10.9. The van der Waals surface area contributed by atoms with Gasteiger partial charge >= 0.3 is 24.4 Å². The van der Waals surface area contributed by atoms with E-state index in [9.17, 15) is 35.5 Å². The molecule has 8 nitrogen and oxygen atoms in total. The number of hydrogen-bond acceptors (Lipinski definition) is 5. The molecular formula is C29H34F7N3O5. The number of likely N-dealkylation sites (tertiary alicyclic amines) is 1. The van der Waals surface area contributed by atoms with E-state index in [1.54, 1.807) is 14.2 Å². The van der Waals surface area contributed by atoms with E-state index in [1.165, 1.54) is 5.56 Å². The molecule has 1 aliphatic carbocycles. The Morgan fingerprint density at radius 1 is 1.00 bits per heavy atom. The molecule has 0 spiro atoms. The van der Waals surface area contributed by atoms with Crippen molar-refractivity contribution in [3.8, 4) is 11.5 Å². The maximum absolute atomic E-state index is 13.7. The molecule has 2 aromatic carbocycles. The third kappa shape index (κ3) is 8.04. The van der Waals surface area contributed by atoms with Crippen LogP contribution in [0.1, 0.15) is 50.7 Å². The number of ether oxygens (including phenoxy) is 2. The minimum atomic E-state index is -5.08. The van der Waals surface area contributed by atoms with Crippen molar-refractivity contribution in [1.82, 2.24) is 10.2 Å². The van der Waals surface area contributed by atoms with E-state index in [0.717, 1.165) is 31.5 Å². The first kappa shape index (κ1) is 34.7. The third-order valence-corrected chi connectivity index (χ3v) is 7.98. The molecule has 4 rings (SSSR count). The van der Waals surface area contributed by atoms with Crippen molar-refractivity contribution in [1.29, 1.82) is 0 Å². The summed E-state index contributed by atoms with van der Waals surface area (Å²) in [6, 6.07) is 7.65. The maximum atomic E-state index is 13.7. The fourth-order valence-electron chi connectivity index (χ4n) is 5.99. The van der Waals surface area contributed by atoms with E-state index in [2.05, 4.69) is 35.4 Å². The molecule has 2 aliphatic rings. The van der Waals surface area contributed by atoms with Crippen LogP contribution in [0.4, 0.5) is 41.2 Å². The molecule has 0 radical (unpaired) electrons. The summed E-state index contributed by atoms with van der Waals surface area (Å²) >= 11 is 0. The number of hydrogen-bond donors (Lipinski definition) is 3. The van der Waals surface area contributed by atoms with Crippen LogP contribution in [-0.4, -0.2) is 67.1 Å². The Bertz CT molecular complexity index is 1340. The summed E-state index contributed by atoms with van der Waals surface area (Å²) < 4.78 is 95.6. The number of nitrogens with one attached hydrogen (secondary N) is 2. The second-order valence-corrected chi connectivity index (χ2v) is 10.9. The summed E-state index contributed by atoms with van der Waals surface area (Å²) in [6.45, 7) is 5.21. The molecule has 2 aromatic rings. The molecule has 2 fully saturated rings. The maximum Gasteiger partial charge on any atom is 0.490 e. The minimum Gasteiger partial charge on any atom is -0.493 e. The average Bonchev–Trinajstić information content (AvgIpc) is 3.32. The first-order valence-electron chi connectivity index (χ1n) is 13.6. The standard InChI is InChI=1S/C27H33F4N3O3.C2HF3O2/c1-16(2)34-10-9-26(17-5-6-22(36-3)23(13-17)37-4)8-7-20(15-24(26)34)32-25(35)33-21-12-18(27(29,30)31)11-19(28)14-21;3-2(4,5)1(6)7/h5-6,11-14,16,20,24H,7-10,15H2,1-4H3,(H2,32,33,35);(H,6,7)/t20-,24+,26+;/m1./s1. The molecule has 2 amide bonds. The molecule has 3 N–H and O–H groups in total. The zero-order chi connectivity index (χ0) is 33.0. The fourth-order valence-corrected chi connectivity index (χ4v) is 5.99. The van der Waals surface area contributed by atoms with Gasteiger partial charge in [0.1, 0.15) is 5.82 Å². The Labute approximate surface area is 249 Å². The van der Waals surface area contributed by atoms with Crippen LogP contribution in [0, 0.1) is 5.82 Å². The second kappa shape index (κ2) is 13.5. The van der Waals surface area contributed by atoms with E-state index < -0.39 is 35.7 Å². The number of carbonyl (C=O) groups is 2. The van der Waals surface area contributed by atoms with E-state index in [1.807, 2.05) is 12.1 Å². The highest BCUT2D eigenvalue weighted by atomic mass is 19.4. The van der Waals surface area contributed by atoms with E-state index >= 15 is 0 Å². The van der Waals surface area contributed by atoms with Gasteiger partial charge in [0.05, 0.1) is 19.8 Å². The lowest BCUT2D eigenvalue weighted by atomic mass is 9.65. The van der Waals surface area contributed by atoms with Crippen molar-refractivity contribution in [2.45, 2.75) is 75.4 Å². The van der Waals surface area contributed by atoms with Crippen LogP contribution < -0.4 is 20.1 Å². The number of methoxy groups -OCH3 is 2. The van der Waals surface area contributed by atoms with Gasteiger partial charge in [-0.25, -0.2) is 14.0 Å². The predicted octanol–water partition coefficient (Wildman–Crippen LogP) is 6.59. The van der Waals surface area contributed by atoms with Gasteiger partial charge in [0.25, 0.3) is 0 Å². The van der Waals surface area contributed by atoms with Gasteiger partial charge < -0.3 is 25.2 Å². The van der Waals surface area contributed by atoms with Gasteiger partial charge in [-0.1, -0.05) is 6.07 Å². The summed E-state index contributed by atoms with van der Waals surface area (Å²) in [6.07, 6.45) is -6.64. The number of carboxylic acid groups (broad SMARTS) is 1. The Morgan fingerprint density at radius 2 is 1.64 bits per heavy atom. The summed E-state index contributed by atoms with van der Waals surface area (Å²) in [5.41, 5.74) is -0.354. The Balaban J connectivity index is 0.000000676. The number of rotatable bonds is 6. The van der Waals surface area contributed by atoms with Crippen LogP contribution in [0.15, 0.2) is 36.4 Å². The first-order chi connectivity index (χ1) is 20.4. The molecule has 0 aromatic heterocycles. The van der Waals surface area contributed by atoms with Crippen molar-refractivity contribution >= 4 is 17.7 Å². The minimum absolute atomic E-state index is 0.122. The topological polar surface area (TPSA) is 100 Å². The Hall–Kier alpha value is -3.75. The van der Waals surface area contributed by atoms with Crippen LogP contribution in [0.3, 0.4) is 0 Å². The molecule has 244 valence electrons. The molecule has 15 heteroatoms. The monoisotopic (exact) mass is 637 g/mol. The van der Waals surface area contributed by atoms with Gasteiger partial charge in [-0.2, -0.15) is 26.3 Å². The van der Waals surface area contributed by atoms with Crippen molar-refractivity contribution in [2.75, 3.05) is 26.1 Å². The van der Waals surface area contributed by atoms with Crippen LogP contribution in [0.5, 0.6) is 11.5 Å². The number of urea groups is 1. The molecule has 44 heavy (non-hydrogen) atoms. The molecular weight excluding hydrogens is 603 g/mol. The smallest absolute Gasteiger partial charge is 0.490 e. The van der Waals surface area contributed by atoms with E-state index in [4.69, 9.17) is 19.4 Å². The van der Waals surface area contributed by atoms with Crippen LogP contribution in [0.2, 0.25) is 0 Å². The Morgan fingerprint density at radius 3 is 2.18 bits per heavy atom. The van der Waals surface area contributed by atoms with Crippen LogP contribution in [-0.2, 0) is 16.4 Å². The normalized spacial score (nSPS) is 22.0. The zero-order valence-electron chi connectivity index (χ0n) is 24.4. The molecule has 0 unspecified atom stereocenters. The molecule has 1 aliphatic heterocycles. The fraction of sp³-hybridized carbons (Fsp3) is 0.517. The molecule has 1 saturated heterocycles. The molecule has 0 bridgehead atoms. The highest BCUT2D eigenvalue weighted by Crippen LogP contribution is 2.51. The molecule has 3 atom stereocenters. The lowest BCUT2D eigenvalue weighted by Crippen LogP contribution is -2.54. The van der Waals surface area contributed by atoms with E-state index in [-0.39, 0.29) is 23.2 Å². The number of carbonyl (C=O) groups excluding carboxylic acids is 1. The summed E-state index contributed by atoms with van der Waals surface area (Å²) in [7, 11) is 3.21. The van der Waals surface area contributed by atoms with Crippen LogP contribution >= 0.6 is 0 Å². The lowest BCUT2D eigenvalue weighted by molar-refractivity contribution is -0.192. The average molecular weight is 638 g/mol. The number of nitrogens with zero attached hydrogens (tertiary/aromatic N) is 1. The number of benzene rings is 2. The highest BCUT2D eigenvalue weighted by molar-refractivity contribution is 5.89. The van der Waals surface area contributed by atoms with Crippen LogP contribution in [0.25, 0.3) is 0 Å². The SMILES string of the molecule is COc1ccc([C@@]23CC[C@@H](NC(=O)Nc4cc(F)cc(C(F)(F)F)c4)C[C@@H]2N(C(C)C)CC3)cc1OC.O=C(O)C(F)(F)F. The van der Waals surface area contributed by atoms with Crippen molar-refractivity contribution < 1.29 is 54.9 Å². The summed E-state index contributed by atoms with van der Waals surface area (Å²) in [4.78, 5) is 24.0. The number of alkyl halides is 6. The Kier molecular flexibility index (Phi) is 10.6. The number of anilines is 1. The van der Waals surface area contributed by atoms with Crippen molar-refractivity contribution in [3.63, 3.8) is 0 Å². The summed E-state index contributed by atoms with van der Waals surface area (Å²) in [5, 5.41) is 12.4. The number of aliphatic carboxylic acids is 1. The number of amides is 2. The lowest BCUT2D eigenvalue weighted by Gasteiger charge is -2.46. The van der Waals surface area contributed by atoms with Gasteiger partial charge in [-0.3, -0.25) is 4.90 Å². The zero-order valence-corrected chi connectivity index (χ0v) is 24.4. The van der Waals surface area contributed by atoms with E-state index in [0.29, 0.717) is 36.4 Å². The third-order valence-electron chi connectivity index (χ3n) is 7.98. The predicted molar refractivity (Wildman–Crippen MR) is 146 cm³/mol. The highest BCUT2D eigenvalue weighted by Gasteiger charge is 2.52. The molecule has 1 heterocycles. The van der Waals surface area contributed by atoms with Gasteiger partial charge in [-0.15, -0.1) is 0 Å². The van der Waals surface area contributed by atoms with Gasteiger partial charge in [0.15, 0.2) is 11.5 Å². The van der Waals surface area contributed by atoms with Crippen molar-refractivity contribution in [3.05, 3.63) is 53.3 Å². The largest absolute Gasteiger partial charge is 0.493 e. The summed E-state index contributed by atoms with van der Waals surface area (Å²) in [5.74, 6) is -2.49. The number of carboxylic acids is 1. The van der Waals surface area contributed by atoms with Gasteiger partial charge in [-0.05, 0) is 82.0 Å². The quantitative estimate of drug-likeness (QED) is 0.309. The van der Waals surface area contributed by atoms with Gasteiger partial charge in [0, 0.05) is 29.2 Å². The first-order valence-corrected chi connectivity index (χ1v) is 13.6. The number of fused-ring (bicyclic) bond motifs is 1.